The number of carbonyl (C=O) groups is 2. The molecule has 1 aliphatic rings. The third kappa shape index (κ3) is 3.49. The normalized spacial score (nSPS) is 20.4. The fourth-order valence-corrected chi connectivity index (χ4v) is 3.71. The number of aliphatic hydroxyl groups is 1. The number of anilines is 1. The molecule has 2 atom stereocenters. The Kier molecular flexibility index (Phi) is 4.84. The molecule has 0 spiro atoms. The summed E-state index contributed by atoms with van der Waals surface area (Å²) in [7, 11) is 0. The molecule has 2 aromatic rings. The summed E-state index contributed by atoms with van der Waals surface area (Å²) in [6, 6.07) is 7.83. The summed E-state index contributed by atoms with van der Waals surface area (Å²) < 4.78 is 5.82. The molecule has 1 aromatic carbocycles. The van der Waals surface area contributed by atoms with Crippen molar-refractivity contribution in [3.05, 3.63) is 58.8 Å². The molecule has 6 nitrogen and oxygen atoms in total. The van der Waals surface area contributed by atoms with Gasteiger partial charge in [-0.15, -0.1) is 11.3 Å². The van der Waals surface area contributed by atoms with Crippen LogP contribution < -0.4 is 15.4 Å². The van der Waals surface area contributed by atoms with Gasteiger partial charge in [0.1, 0.15) is 17.5 Å². The van der Waals surface area contributed by atoms with Gasteiger partial charge < -0.3 is 20.5 Å². The number of fused-ring (bicyclic) bond motifs is 1. The second-order valence-corrected chi connectivity index (χ2v) is 7.47. The highest BCUT2D eigenvalue weighted by atomic mass is 32.1. The number of aliphatic hydroxyl groups excluding tert-OH is 1. The summed E-state index contributed by atoms with van der Waals surface area (Å²) in [4.78, 5) is 24.9. The number of hydrogen-bond acceptors (Lipinski definition) is 5. The van der Waals surface area contributed by atoms with Gasteiger partial charge in [-0.25, -0.2) is 0 Å². The van der Waals surface area contributed by atoms with Crippen molar-refractivity contribution in [2.75, 3.05) is 5.32 Å². The molecule has 0 saturated heterocycles. The van der Waals surface area contributed by atoms with E-state index in [2.05, 4.69) is 17.2 Å². The van der Waals surface area contributed by atoms with Crippen LogP contribution in [0.25, 0.3) is 0 Å². The van der Waals surface area contributed by atoms with E-state index in [1.165, 1.54) is 11.3 Å². The maximum atomic E-state index is 12.7. The third-order valence-corrected chi connectivity index (χ3v) is 5.19. The van der Waals surface area contributed by atoms with Gasteiger partial charge >= 0.3 is 0 Å². The third-order valence-electron chi connectivity index (χ3n) is 4.21. The van der Waals surface area contributed by atoms with Gasteiger partial charge in [0.25, 0.3) is 5.91 Å². The first-order valence-electron chi connectivity index (χ1n) is 8.10. The van der Waals surface area contributed by atoms with Gasteiger partial charge in [-0.3, -0.25) is 9.59 Å². The number of nitrogens with one attached hydrogen (secondary N) is 2. The van der Waals surface area contributed by atoms with Gasteiger partial charge in [0.15, 0.2) is 0 Å². The lowest BCUT2D eigenvalue weighted by Crippen LogP contribution is -2.53. The van der Waals surface area contributed by atoms with Gasteiger partial charge in [0.05, 0.1) is 10.9 Å². The largest absolute Gasteiger partial charge is 0.484 e. The van der Waals surface area contributed by atoms with Crippen LogP contribution in [0.4, 0.5) is 5.69 Å². The van der Waals surface area contributed by atoms with E-state index in [1.54, 1.807) is 38.1 Å². The van der Waals surface area contributed by atoms with Crippen molar-refractivity contribution in [3.63, 3.8) is 0 Å². The van der Waals surface area contributed by atoms with Crippen LogP contribution >= 0.6 is 11.3 Å². The molecule has 0 fully saturated rings. The molecule has 2 amide bonds. The second-order valence-electron chi connectivity index (χ2n) is 6.52. The summed E-state index contributed by atoms with van der Waals surface area (Å²) in [5, 5.41) is 18.0. The summed E-state index contributed by atoms with van der Waals surface area (Å²) in [6.45, 7) is 6.96. The van der Waals surface area contributed by atoms with Gasteiger partial charge in [0, 0.05) is 11.3 Å². The predicted octanol–water partition coefficient (Wildman–Crippen LogP) is 2.88. The number of amides is 2. The minimum atomic E-state index is -0.902. The molecule has 26 heavy (non-hydrogen) atoms. The lowest BCUT2D eigenvalue weighted by molar-refractivity contribution is -0.111. The molecule has 0 radical (unpaired) electrons. The van der Waals surface area contributed by atoms with Crippen LogP contribution in [0.3, 0.4) is 0 Å². The van der Waals surface area contributed by atoms with Crippen molar-refractivity contribution in [1.29, 1.82) is 0 Å². The Morgan fingerprint density at radius 2 is 2.12 bits per heavy atom. The topological polar surface area (TPSA) is 87.7 Å². The maximum Gasteiger partial charge on any atom is 0.251 e. The Bertz CT molecular complexity index is 859. The van der Waals surface area contributed by atoms with Crippen molar-refractivity contribution in [1.82, 2.24) is 5.32 Å². The quantitative estimate of drug-likeness (QED) is 0.720. The van der Waals surface area contributed by atoms with Gasteiger partial charge in [0.2, 0.25) is 5.91 Å². The molecular weight excluding hydrogens is 352 g/mol. The molecule has 0 saturated carbocycles. The van der Waals surface area contributed by atoms with Crippen molar-refractivity contribution in [3.8, 4) is 5.75 Å². The van der Waals surface area contributed by atoms with E-state index >= 15 is 0 Å². The lowest BCUT2D eigenvalue weighted by Gasteiger charge is -2.40. The van der Waals surface area contributed by atoms with E-state index in [0.29, 0.717) is 17.0 Å². The van der Waals surface area contributed by atoms with Crippen molar-refractivity contribution in [2.45, 2.75) is 31.6 Å². The van der Waals surface area contributed by atoms with Gasteiger partial charge in [-0.2, -0.15) is 0 Å². The van der Waals surface area contributed by atoms with E-state index in [9.17, 15) is 14.7 Å². The van der Waals surface area contributed by atoms with Crippen LogP contribution in [-0.4, -0.2) is 28.6 Å². The van der Waals surface area contributed by atoms with E-state index < -0.39 is 17.7 Å². The average molecular weight is 372 g/mol. The van der Waals surface area contributed by atoms with Crippen molar-refractivity contribution >= 4 is 28.8 Å². The van der Waals surface area contributed by atoms with Gasteiger partial charge in [-0.05, 0) is 49.6 Å². The van der Waals surface area contributed by atoms with Crippen molar-refractivity contribution in [2.24, 2.45) is 0 Å². The van der Waals surface area contributed by atoms with E-state index in [-0.39, 0.29) is 11.8 Å². The number of ether oxygens (including phenoxy) is 1. The number of benzene rings is 1. The lowest BCUT2D eigenvalue weighted by atomic mass is 9.90. The Morgan fingerprint density at radius 3 is 2.85 bits per heavy atom. The predicted molar refractivity (Wildman–Crippen MR) is 101 cm³/mol. The Hall–Kier alpha value is -2.64. The zero-order valence-corrected chi connectivity index (χ0v) is 15.3. The Balaban J connectivity index is 1.83. The van der Waals surface area contributed by atoms with Crippen LogP contribution in [-0.2, 0) is 4.79 Å². The highest BCUT2D eigenvalue weighted by molar-refractivity contribution is 7.10. The van der Waals surface area contributed by atoms with Crippen LogP contribution in [0.15, 0.2) is 48.4 Å². The van der Waals surface area contributed by atoms with Gasteiger partial charge in [-0.1, -0.05) is 12.6 Å². The molecular formula is C19H20N2O4S. The number of rotatable bonds is 4. The minimum absolute atomic E-state index is 0.346. The smallest absolute Gasteiger partial charge is 0.251 e. The number of hydrogen-bond donors (Lipinski definition) is 3. The number of carbonyl (C=O) groups excluding carboxylic acids is 2. The maximum absolute atomic E-state index is 12.7. The summed E-state index contributed by atoms with van der Waals surface area (Å²) >= 11 is 1.42. The molecule has 1 aliphatic heterocycles. The van der Waals surface area contributed by atoms with Crippen LogP contribution in [0.1, 0.15) is 35.1 Å². The Labute approximate surface area is 155 Å². The zero-order valence-electron chi connectivity index (χ0n) is 14.5. The molecule has 136 valence electrons. The standard InChI is InChI=1S/C19H20N2O4S/c1-4-14(22)20-12-7-5-6-11(10-12)18(24)21-15-16-13(8-9-26-16)25-19(2,3)17(15)23/h4-10,15,17,23H,1H2,2-3H3,(H,20,22)(H,21,24)/t15-,17+/m1/s1. The monoisotopic (exact) mass is 372 g/mol. The molecule has 2 heterocycles. The first-order chi connectivity index (χ1) is 12.3. The molecule has 0 unspecified atom stereocenters. The molecule has 7 heteroatoms. The molecule has 1 aromatic heterocycles. The summed E-state index contributed by atoms with van der Waals surface area (Å²) in [5.74, 6) is -0.0317. The van der Waals surface area contributed by atoms with Crippen LogP contribution in [0.2, 0.25) is 0 Å². The highest BCUT2D eigenvalue weighted by Gasteiger charge is 2.44. The Morgan fingerprint density at radius 1 is 1.35 bits per heavy atom. The average Bonchev–Trinajstić information content (AvgIpc) is 3.06. The van der Waals surface area contributed by atoms with E-state index in [4.69, 9.17) is 4.74 Å². The first kappa shape index (κ1) is 18.2. The van der Waals surface area contributed by atoms with Crippen molar-refractivity contribution < 1.29 is 19.4 Å². The van der Waals surface area contributed by atoms with E-state index in [1.807, 2.05) is 11.4 Å². The zero-order chi connectivity index (χ0) is 18.9. The fourth-order valence-electron chi connectivity index (χ4n) is 2.81. The summed E-state index contributed by atoms with van der Waals surface area (Å²) in [5.41, 5.74) is 0.0416. The molecule has 3 N–H and O–H groups in total. The molecule has 3 rings (SSSR count). The van der Waals surface area contributed by atoms with Crippen LogP contribution in [0, 0.1) is 0 Å². The second kappa shape index (κ2) is 6.93. The highest BCUT2D eigenvalue weighted by Crippen LogP contribution is 2.43. The first-order valence-corrected chi connectivity index (χ1v) is 8.98. The summed E-state index contributed by atoms with van der Waals surface area (Å²) in [6.07, 6.45) is 0.257. The molecule has 0 aliphatic carbocycles. The minimum Gasteiger partial charge on any atom is -0.484 e. The van der Waals surface area contributed by atoms with E-state index in [0.717, 1.165) is 11.0 Å². The SMILES string of the molecule is C=CC(=O)Nc1cccc(C(=O)N[C@@H]2c3sccc3OC(C)(C)[C@H]2O)c1. The fraction of sp³-hybridized carbons (Fsp3) is 0.263. The van der Waals surface area contributed by atoms with Crippen LogP contribution in [0.5, 0.6) is 5.75 Å². The molecule has 0 bridgehead atoms. The number of thiophene rings is 1.